The molecule has 2 rings (SSSR count). The number of hydrogen-bond acceptors (Lipinski definition) is 3. The molecule has 0 radical (unpaired) electrons. The van der Waals surface area contributed by atoms with Crippen molar-refractivity contribution < 1.29 is 14.3 Å². The lowest BCUT2D eigenvalue weighted by atomic mass is 10.2. The highest BCUT2D eigenvalue weighted by molar-refractivity contribution is 6.32. The summed E-state index contributed by atoms with van der Waals surface area (Å²) in [4.78, 5) is 22.2. The number of carbonyl (C=O) groups is 2. The van der Waals surface area contributed by atoms with Gasteiger partial charge in [0.2, 0.25) is 0 Å². The van der Waals surface area contributed by atoms with Crippen LogP contribution >= 0.6 is 11.6 Å². The molecule has 0 aliphatic heterocycles. The van der Waals surface area contributed by atoms with Gasteiger partial charge in [0.15, 0.2) is 6.61 Å². The first-order valence-electron chi connectivity index (χ1n) is 6.36. The second-order valence-corrected chi connectivity index (χ2v) is 5.05. The van der Waals surface area contributed by atoms with Crippen LogP contribution in [0, 0.1) is 0 Å². The van der Waals surface area contributed by atoms with E-state index < -0.39 is 0 Å². The van der Waals surface area contributed by atoms with Gasteiger partial charge in [0.25, 0.3) is 5.91 Å². The van der Waals surface area contributed by atoms with Gasteiger partial charge in [0, 0.05) is 11.6 Å². The molecular weight excluding hydrogens is 266 g/mol. The normalized spacial score (nSPS) is 15.2. The minimum absolute atomic E-state index is 0.0589. The molecule has 1 N–H and O–H groups in total. The zero-order chi connectivity index (χ0) is 13.7. The van der Waals surface area contributed by atoms with Crippen molar-refractivity contribution in [1.82, 2.24) is 5.32 Å². The predicted octanol–water partition coefficient (Wildman–Crippen LogP) is 2.59. The molecule has 0 heterocycles. The maximum absolute atomic E-state index is 11.7. The minimum Gasteiger partial charge on any atom is -0.482 e. The van der Waals surface area contributed by atoms with E-state index in [1.807, 2.05) is 0 Å². The van der Waals surface area contributed by atoms with Crippen LogP contribution in [0.15, 0.2) is 18.2 Å². The highest BCUT2D eigenvalue weighted by Crippen LogP contribution is 2.25. The van der Waals surface area contributed by atoms with Crippen LogP contribution in [-0.2, 0) is 4.79 Å². The molecule has 0 saturated heterocycles. The van der Waals surface area contributed by atoms with Crippen molar-refractivity contribution >= 4 is 23.8 Å². The average molecular weight is 282 g/mol. The smallest absolute Gasteiger partial charge is 0.258 e. The first kappa shape index (κ1) is 13.9. The summed E-state index contributed by atoms with van der Waals surface area (Å²) < 4.78 is 5.35. The van der Waals surface area contributed by atoms with E-state index in [0.717, 1.165) is 12.8 Å². The van der Waals surface area contributed by atoms with Gasteiger partial charge in [-0.25, -0.2) is 0 Å². The average Bonchev–Trinajstić information content (AvgIpc) is 2.90. The van der Waals surface area contributed by atoms with Gasteiger partial charge in [0.1, 0.15) is 12.0 Å². The Bertz CT molecular complexity index is 470. The van der Waals surface area contributed by atoms with E-state index in [4.69, 9.17) is 16.3 Å². The van der Waals surface area contributed by atoms with Crippen molar-refractivity contribution in [2.24, 2.45) is 0 Å². The molecule has 1 amide bonds. The molecule has 1 saturated carbocycles. The van der Waals surface area contributed by atoms with Gasteiger partial charge in [0.05, 0.1) is 5.02 Å². The fourth-order valence-corrected chi connectivity index (χ4v) is 2.43. The molecule has 0 aromatic heterocycles. The van der Waals surface area contributed by atoms with E-state index >= 15 is 0 Å². The number of rotatable bonds is 5. The van der Waals surface area contributed by atoms with Crippen molar-refractivity contribution in [2.45, 2.75) is 31.7 Å². The highest BCUT2D eigenvalue weighted by Gasteiger charge is 2.17. The van der Waals surface area contributed by atoms with Crippen LogP contribution in [0.25, 0.3) is 0 Å². The van der Waals surface area contributed by atoms with Crippen LogP contribution < -0.4 is 10.1 Å². The standard InChI is InChI=1S/C14H16ClNO3/c15-12-7-10(8-17)5-6-13(12)19-9-14(18)16-11-3-1-2-4-11/h5-8,11H,1-4,9H2,(H,16,18). The summed E-state index contributed by atoms with van der Waals surface area (Å²) in [5.41, 5.74) is 0.479. The molecular formula is C14H16ClNO3. The van der Waals surface area contributed by atoms with Gasteiger partial charge in [-0.1, -0.05) is 24.4 Å². The van der Waals surface area contributed by atoms with Crippen molar-refractivity contribution in [3.8, 4) is 5.75 Å². The van der Waals surface area contributed by atoms with E-state index in [1.54, 1.807) is 12.1 Å². The SMILES string of the molecule is O=Cc1ccc(OCC(=O)NC2CCCC2)c(Cl)c1. The van der Waals surface area contributed by atoms with Gasteiger partial charge in [-0.3, -0.25) is 9.59 Å². The van der Waals surface area contributed by atoms with Crippen LogP contribution in [0.2, 0.25) is 5.02 Å². The lowest BCUT2D eigenvalue weighted by Gasteiger charge is -2.13. The fourth-order valence-electron chi connectivity index (χ4n) is 2.19. The van der Waals surface area contributed by atoms with Crippen molar-refractivity contribution in [3.05, 3.63) is 28.8 Å². The zero-order valence-electron chi connectivity index (χ0n) is 10.5. The van der Waals surface area contributed by atoms with E-state index in [1.165, 1.54) is 18.9 Å². The number of amides is 1. The van der Waals surface area contributed by atoms with Gasteiger partial charge >= 0.3 is 0 Å². The summed E-state index contributed by atoms with van der Waals surface area (Å²) in [7, 11) is 0. The fraction of sp³-hybridized carbons (Fsp3) is 0.429. The second kappa shape index (κ2) is 6.57. The third-order valence-corrected chi connectivity index (χ3v) is 3.47. The van der Waals surface area contributed by atoms with Gasteiger partial charge in [-0.15, -0.1) is 0 Å². The molecule has 0 spiro atoms. The summed E-state index contributed by atoms with van der Waals surface area (Å²) >= 11 is 5.95. The number of nitrogens with one attached hydrogen (secondary N) is 1. The van der Waals surface area contributed by atoms with Crippen LogP contribution in [0.4, 0.5) is 0 Å². The minimum atomic E-state index is -0.137. The largest absolute Gasteiger partial charge is 0.482 e. The van der Waals surface area contributed by atoms with Crippen molar-refractivity contribution in [3.63, 3.8) is 0 Å². The van der Waals surface area contributed by atoms with Crippen LogP contribution in [0.3, 0.4) is 0 Å². The Labute approximate surface area is 117 Å². The van der Waals surface area contributed by atoms with Crippen LogP contribution in [0.5, 0.6) is 5.75 Å². The summed E-state index contributed by atoms with van der Waals surface area (Å²) in [5, 5.41) is 3.26. The third-order valence-electron chi connectivity index (χ3n) is 3.17. The topological polar surface area (TPSA) is 55.4 Å². The number of aldehydes is 1. The van der Waals surface area contributed by atoms with E-state index in [-0.39, 0.29) is 18.6 Å². The van der Waals surface area contributed by atoms with E-state index in [2.05, 4.69) is 5.32 Å². The van der Waals surface area contributed by atoms with E-state index in [0.29, 0.717) is 22.6 Å². The Balaban J connectivity index is 1.84. The monoisotopic (exact) mass is 281 g/mol. The number of hydrogen-bond donors (Lipinski definition) is 1. The summed E-state index contributed by atoms with van der Waals surface area (Å²) in [6.45, 7) is -0.0589. The number of ether oxygens (including phenoxy) is 1. The molecule has 0 atom stereocenters. The molecule has 1 aromatic carbocycles. The summed E-state index contributed by atoms with van der Waals surface area (Å²) in [6, 6.07) is 4.99. The Morgan fingerprint density at radius 1 is 1.42 bits per heavy atom. The molecule has 1 aliphatic carbocycles. The first-order valence-corrected chi connectivity index (χ1v) is 6.74. The number of halogens is 1. The van der Waals surface area contributed by atoms with Gasteiger partial charge < -0.3 is 10.1 Å². The van der Waals surface area contributed by atoms with Crippen LogP contribution in [0.1, 0.15) is 36.0 Å². The Hall–Kier alpha value is -1.55. The number of carbonyl (C=O) groups excluding carboxylic acids is 2. The highest BCUT2D eigenvalue weighted by atomic mass is 35.5. The quantitative estimate of drug-likeness (QED) is 0.844. The Morgan fingerprint density at radius 2 is 2.16 bits per heavy atom. The zero-order valence-corrected chi connectivity index (χ0v) is 11.3. The lowest BCUT2D eigenvalue weighted by molar-refractivity contribution is -0.123. The van der Waals surface area contributed by atoms with Crippen molar-refractivity contribution in [2.75, 3.05) is 6.61 Å². The summed E-state index contributed by atoms with van der Waals surface area (Å²) in [5.74, 6) is 0.274. The molecule has 102 valence electrons. The maximum atomic E-state index is 11.7. The molecule has 5 heteroatoms. The summed E-state index contributed by atoms with van der Waals surface area (Å²) in [6.07, 6.45) is 5.14. The van der Waals surface area contributed by atoms with Gasteiger partial charge in [-0.2, -0.15) is 0 Å². The van der Waals surface area contributed by atoms with E-state index in [9.17, 15) is 9.59 Å². The van der Waals surface area contributed by atoms with Crippen molar-refractivity contribution in [1.29, 1.82) is 0 Å². The molecule has 1 aromatic rings. The molecule has 1 fully saturated rings. The number of benzene rings is 1. The molecule has 0 unspecified atom stereocenters. The van der Waals surface area contributed by atoms with Gasteiger partial charge in [-0.05, 0) is 31.0 Å². The third kappa shape index (κ3) is 3.96. The maximum Gasteiger partial charge on any atom is 0.258 e. The molecule has 19 heavy (non-hydrogen) atoms. The Kier molecular flexibility index (Phi) is 4.80. The Morgan fingerprint density at radius 3 is 2.79 bits per heavy atom. The molecule has 4 nitrogen and oxygen atoms in total. The molecule has 1 aliphatic rings. The predicted molar refractivity (Wildman–Crippen MR) is 72.7 cm³/mol. The molecule has 0 bridgehead atoms. The lowest BCUT2D eigenvalue weighted by Crippen LogP contribution is -2.36. The first-order chi connectivity index (χ1) is 9.19. The second-order valence-electron chi connectivity index (χ2n) is 4.65. The van der Waals surface area contributed by atoms with Crippen LogP contribution in [-0.4, -0.2) is 24.8 Å².